The number of nitrogens with one attached hydrogen (secondary N) is 1. The molecule has 0 aliphatic rings. The molecule has 0 spiro atoms. The summed E-state index contributed by atoms with van der Waals surface area (Å²) >= 11 is 1.77. The molecule has 1 aromatic heterocycles. The molecule has 0 fully saturated rings. The minimum atomic E-state index is 0.209. The summed E-state index contributed by atoms with van der Waals surface area (Å²) < 4.78 is 0. The molecule has 2 aromatic rings. The van der Waals surface area contributed by atoms with Crippen LogP contribution in [0.15, 0.2) is 30.5 Å². The van der Waals surface area contributed by atoms with Crippen LogP contribution in [-0.4, -0.2) is 4.98 Å². The maximum atomic E-state index is 4.46. The molecule has 21 heavy (non-hydrogen) atoms. The molecule has 1 N–H and O–H groups in total. The molecule has 0 saturated carbocycles. The third-order valence-electron chi connectivity index (χ3n) is 3.79. The van der Waals surface area contributed by atoms with Crippen LogP contribution < -0.4 is 5.32 Å². The van der Waals surface area contributed by atoms with Crippen LogP contribution in [-0.2, 0) is 5.41 Å². The van der Waals surface area contributed by atoms with Crippen molar-refractivity contribution in [1.82, 2.24) is 10.3 Å². The van der Waals surface area contributed by atoms with Crippen molar-refractivity contribution >= 4 is 11.3 Å². The average Bonchev–Trinajstić information content (AvgIpc) is 2.84. The Morgan fingerprint density at radius 3 is 2.14 bits per heavy atom. The third-order valence-corrected chi connectivity index (χ3v) is 4.88. The zero-order valence-corrected chi connectivity index (χ0v) is 14.7. The first-order valence-corrected chi connectivity index (χ1v) is 8.38. The largest absolute Gasteiger partial charge is 0.302 e. The highest BCUT2D eigenvalue weighted by atomic mass is 32.1. The number of aryl methyl sites for hydroxylation is 1. The van der Waals surface area contributed by atoms with E-state index in [1.54, 1.807) is 11.3 Å². The van der Waals surface area contributed by atoms with Crippen LogP contribution in [0.5, 0.6) is 0 Å². The van der Waals surface area contributed by atoms with Gasteiger partial charge in [0.1, 0.15) is 5.01 Å². The van der Waals surface area contributed by atoms with Gasteiger partial charge in [-0.2, -0.15) is 0 Å². The summed E-state index contributed by atoms with van der Waals surface area (Å²) in [6.07, 6.45) is 1.95. The Bertz CT molecular complexity index is 578. The standard InChI is InChI=1S/C18H26N2S/c1-12-11-19-17(21-12)14(3)20-13(2)15-7-9-16(10-8-15)18(4,5)6/h7-11,13-14,20H,1-6H3. The lowest BCUT2D eigenvalue weighted by Gasteiger charge is -2.22. The van der Waals surface area contributed by atoms with Gasteiger partial charge in [0.15, 0.2) is 0 Å². The number of hydrogen-bond acceptors (Lipinski definition) is 3. The van der Waals surface area contributed by atoms with E-state index in [1.165, 1.54) is 16.0 Å². The van der Waals surface area contributed by atoms with Gasteiger partial charge in [-0.25, -0.2) is 4.98 Å². The second-order valence-electron chi connectivity index (χ2n) is 6.79. The Hall–Kier alpha value is -1.19. The van der Waals surface area contributed by atoms with Crippen LogP contribution in [0.4, 0.5) is 0 Å². The SMILES string of the molecule is Cc1cnc(C(C)NC(C)c2ccc(C(C)(C)C)cc2)s1. The van der Waals surface area contributed by atoms with Gasteiger partial charge in [-0.05, 0) is 37.3 Å². The quantitative estimate of drug-likeness (QED) is 0.843. The van der Waals surface area contributed by atoms with Gasteiger partial charge in [0, 0.05) is 17.1 Å². The molecular formula is C18H26N2S. The van der Waals surface area contributed by atoms with Crippen molar-refractivity contribution in [1.29, 1.82) is 0 Å². The Morgan fingerprint density at radius 2 is 1.67 bits per heavy atom. The molecular weight excluding hydrogens is 276 g/mol. The molecule has 1 aromatic carbocycles. The van der Waals surface area contributed by atoms with Crippen molar-refractivity contribution < 1.29 is 0 Å². The molecule has 0 bridgehead atoms. The summed E-state index contributed by atoms with van der Waals surface area (Å²) in [5.41, 5.74) is 2.91. The monoisotopic (exact) mass is 302 g/mol. The summed E-state index contributed by atoms with van der Waals surface area (Å²) in [5, 5.41) is 4.79. The average molecular weight is 302 g/mol. The second-order valence-corrected chi connectivity index (χ2v) is 8.06. The highest BCUT2D eigenvalue weighted by molar-refractivity contribution is 7.11. The molecule has 2 rings (SSSR count). The highest BCUT2D eigenvalue weighted by Crippen LogP contribution is 2.26. The van der Waals surface area contributed by atoms with E-state index < -0.39 is 0 Å². The van der Waals surface area contributed by atoms with Gasteiger partial charge in [-0.1, -0.05) is 45.0 Å². The van der Waals surface area contributed by atoms with E-state index in [9.17, 15) is 0 Å². The Balaban J connectivity index is 2.04. The lowest BCUT2D eigenvalue weighted by atomic mass is 9.86. The second kappa shape index (κ2) is 6.29. The van der Waals surface area contributed by atoms with Gasteiger partial charge in [0.05, 0.1) is 6.04 Å². The van der Waals surface area contributed by atoms with E-state index >= 15 is 0 Å². The third kappa shape index (κ3) is 4.14. The van der Waals surface area contributed by atoms with Crippen molar-refractivity contribution in [3.63, 3.8) is 0 Å². The van der Waals surface area contributed by atoms with E-state index in [1.807, 2.05) is 6.20 Å². The lowest BCUT2D eigenvalue weighted by molar-refractivity contribution is 0.492. The minimum Gasteiger partial charge on any atom is -0.302 e. The molecule has 0 saturated heterocycles. The number of benzene rings is 1. The molecule has 0 aliphatic carbocycles. The molecule has 0 radical (unpaired) electrons. The first-order chi connectivity index (χ1) is 9.77. The maximum absolute atomic E-state index is 4.46. The van der Waals surface area contributed by atoms with Gasteiger partial charge < -0.3 is 5.32 Å². The number of nitrogens with zero attached hydrogens (tertiary/aromatic N) is 1. The predicted molar refractivity (Wildman–Crippen MR) is 92.0 cm³/mol. The highest BCUT2D eigenvalue weighted by Gasteiger charge is 2.16. The molecule has 2 unspecified atom stereocenters. The van der Waals surface area contributed by atoms with Crippen LogP contribution >= 0.6 is 11.3 Å². The van der Waals surface area contributed by atoms with Crippen LogP contribution in [0.3, 0.4) is 0 Å². The molecule has 2 atom stereocenters. The summed E-state index contributed by atoms with van der Waals surface area (Å²) in [4.78, 5) is 5.73. The molecule has 0 amide bonds. The van der Waals surface area contributed by atoms with E-state index in [0.29, 0.717) is 6.04 Å². The van der Waals surface area contributed by atoms with E-state index in [-0.39, 0.29) is 11.5 Å². The molecule has 1 heterocycles. The fraction of sp³-hybridized carbons (Fsp3) is 0.500. The van der Waals surface area contributed by atoms with Crippen molar-refractivity contribution in [3.8, 4) is 0 Å². The molecule has 3 heteroatoms. The summed E-state index contributed by atoms with van der Waals surface area (Å²) in [6.45, 7) is 13.2. The van der Waals surface area contributed by atoms with E-state index in [4.69, 9.17) is 0 Å². The van der Waals surface area contributed by atoms with Gasteiger partial charge in [-0.3, -0.25) is 0 Å². The predicted octanol–water partition coefficient (Wildman–Crippen LogP) is 5.16. The van der Waals surface area contributed by atoms with Crippen molar-refractivity contribution in [3.05, 3.63) is 51.5 Å². The molecule has 114 valence electrons. The molecule has 2 nitrogen and oxygen atoms in total. The summed E-state index contributed by atoms with van der Waals surface area (Å²) in [7, 11) is 0. The number of rotatable bonds is 4. The van der Waals surface area contributed by atoms with Crippen LogP contribution in [0.25, 0.3) is 0 Å². The van der Waals surface area contributed by atoms with E-state index in [2.05, 4.69) is 76.1 Å². The Labute approximate surface area is 132 Å². The fourth-order valence-corrected chi connectivity index (χ4v) is 3.17. The Morgan fingerprint density at radius 1 is 1.05 bits per heavy atom. The van der Waals surface area contributed by atoms with Crippen molar-refractivity contribution in [2.45, 2.75) is 59.0 Å². The zero-order chi connectivity index (χ0) is 15.6. The summed E-state index contributed by atoms with van der Waals surface area (Å²) in [5.74, 6) is 0. The van der Waals surface area contributed by atoms with Crippen LogP contribution in [0.1, 0.15) is 67.7 Å². The summed E-state index contributed by atoms with van der Waals surface area (Å²) in [6, 6.07) is 9.55. The molecule has 0 aliphatic heterocycles. The van der Waals surface area contributed by atoms with Gasteiger partial charge in [-0.15, -0.1) is 11.3 Å². The number of thiazole rings is 1. The van der Waals surface area contributed by atoms with Crippen molar-refractivity contribution in [2.75, 3.05) is 0 Å². The van der Waals surface area contributed by atoms with Gasteiger partial charge in [0.2, 0.25) is 0 Å². The van der Waals surface area contributed by atoms with Gasteiger partial charge >= 0.3 is 0 Å². The van der Waals surface area contributed by atoms with Crippen LogP contribution in [0.2, 0.25) is 0 Å². The topological polar surface area (TPSA) is 24.9 Å². The first kappa shape index (κ1) is 16.2. The van der Waals surface area contributed by atoms with Gasteiger partial charge in [0.25, 0.3) is 0 Å². The van der Waals surface area contributed by atoms with E-state index in [0.717, 1.165) is 5.01 Å². The van der Waals surface area contributed by atoms with Crippen LogP contribution in [0, 0.1) is 6.92 Å². The number of aromatic nitrogens is 1. The van der Waals surface area contributed by atoms with Crippen molar-refractivity contribution in [2.24, 2.45) is 0 Å². The zero-order valence-electron chi connectivity index (χ0n) is 13.9. The normalized spacial score (nSPS) is 15.0. The smallest absolute Gasteiger partial charge is 0.109 e. The lowest BCUT2D eigenvalue weighted by Crippen LogP contribution is -2.22. The number of hydrogen-bond donors (Lipinski definition) is 1. The maximum Gasteiger partial charge on any atom is 0.109 e. The first-order valence-electron chi connectivity index (χ1n) is 7.56. The Kier molecular flexibility index (Phi) is 4.84. The minimum absolute atomic E-state index is 0.209. The fourth-order valence-electron chi connectivity index (χ4n) is 2.39.